The van der Waals surface area contributed by atoms with E-state index >= 15 is 0 Å². The molecule has 0 unspecified atom stereocenters. The van der Waals surface area contributed by atoms with E-state index in [9.17, 15) is 13.2 Å². The zero-order valence-corrected chi connectivity index (χ0v) is 13.5. The molecule has 2 N–H and O–H groups in total. The van der Waals surface area contributed by atoms with Crippen molar-refractivity contribution < 1.29 is 13.2 Å². The quantitative estimate of drug-likeness (QED) is 0.691. The van der Waals surface area contributed by atoms with Gasteiger partial charge in [-0.2, -0.15) is 0 Å². The summed E-state index contributed by atoms with van der Waals surface area (Å²) in [6.45, 7) is 4.26. The standard InChI is InChI=1S/C14H23N3O3S/c1-4-9-15-10-11-16-14(18)12-5-7-13(8-6-12)21(19,20)17(2)3/h5-8,15H,4,9-11H2,1-3H3,(H,16,18). The third-order valence-electron chi connectivity index (χ3n) is 2.91. The second-order valence-corrected chi connectivity index (χ2v) is 6.97. The monoisotopic (exact) mass is 313 g/mol. The van der Waals surface area contributed by atoms with Gasteiger partial charge < -0.3 is 10.6 Å². The topological polar surface area (TPSA) is 78.5 Å². The highest BCUT2D eigenvalue weighted by Gasteiger charge is 2.17. The highest BCUT2D eigenvalue weighted by Crippen LogP contribution is 2.13. The summed E-state index contributed by atoms with van der Waals surface area (Å²) in [5.41, 5.74) is 0.447. The fourth-order valence-electron chi connectivity index (χ4n) is 1.66. The number of hydrogen-bond acceptors (Lipinski definition) is 4. The molecular weight excluding hydrogens is 290 g/mol. The number of hydrogen-bond donors (Lipinski definition) is 2. The summed E-state index contributed by atoms with van der Waals surface area (Å²) in [5, 5.41) is 5.96. The van der Waals surface area contributed by atoms with Gasteiger partial charge in [-0.05, 0) is 37.2 Å². The van der Waals surface area contributed by atoms with Gasteiger partial charge in [0.15, 0.2) is 0 Å². The normalized spacial score (nSPS) is 11.6. The van der Waals surface area contributed by atoms with Crippen molar-refractivity contribution >= 4 is 15.9 Å². The van der Waals surface area contributed by atoms with Gasteiger partial charge in [0.2, 0.25) is 10.0 Å². The molecule has 0 aliphatic carbocycles. The summed E-state index contributed by atoms with van der Waals surface area (Å²) in [6, 6.07) is 5.93. The maximum absolute atomic E-state index is 11.9. The van der Waals surface area contributed by atoms with Crippen LogP contribution in [0, 0.1) is 0 Å². The average molecular weight is 313 g/mol. The highest BCUT2D eigenvalue weighted by molar-refractivity contribution is 7.89. The molecule has 1 aromatic rings. The van der Waals surface area contributed by atoms with Gasteiger partial charge in [-0.25, -0.2) is 12.7 Å². The van der Waals surface area contributed by atoms with Crippen LogP contribution in [0.1, 0.15) is 23.7 Å². The Morgan fingerprint density at radius 2 is 1.71 bits per heavy atom. The van der Waals surface area contributed by atoms with E-state index in [2.05, 4.69) is 17.6 Å². The molecule has 0 aliphatic heterocycles. The van der Waals surface area contributed by atoms with Crippen molar-refractivity contribution in [1.82, 2.24) is 14.9 Å². The Bertz CT molecular complexity index is 553. The molecule has 1 amide bonds. The van der Waals surface area contributed by atoms with Crippen LogP contribution < -0.4 is 10.6 Å². The molecule has 1 rings (SSSR count). The van der Waals surface area contributed by atoms with E-state index < -0.39 is 10.0 Å². The minimum atomic E-state index is -3.45. The first kappa shape index (κ1) is 17.6. The Balaban J connectivity index is 2.60. The molecular formula is C14H23N3O3S. The molecule has 0 saturated carbocycles. The lowest BCUT2D eigenvalue weighted by atomic mass is 10.2. The molecule has 7 heteroatoms. The van der Waals surface area contributed by atoms with Crippen molar-refractivity contribution in [3.05, 3.63) is 29.8 Å². The van der Waals surface area contributed by atoms with E-state index in [1.54, 1.807) is 0 Å². The summed E-state index contributed by atoms with van der Waals surface area (Å²) in [6.07, 6.45) is 1.05. The molecule has 118 valence electrons. The number of sulfonamides is 1. The molecule has 0 atom stereocenters. The molecule has 6 nitrogen and oxygen atoms in total. The van der Waals surface area contributed by atoms with Crippen LogP contribution in [-0.2, 0) is 10.0 Å². The minimum Gasteiger partial charge on any atom is -0.351 e. The summed E-state index contributed by atoms with van der Waals surface area (Å²) < 4.78 is 24.9. The van der Waals surface area contributed by atoms with Crippen LogP contribution in [0.3, 0.4) is 0 Å². The van der Waals surface area contributed by atoms with E-state index in [0.29, 0.717) is 18.7 Å². The van der Waals surface area contributed by atoms with Crippen LogP contribution in [0.15, 0.2) is 29.2 Å². The number of benzene rings is 1. The van der Waals surface area contributed by atoms with Gasteiger partial charge in [0.25, 0.3) is 5.91 Å². The van der Waals surface area contributed by atoms with Gasteiger partial charge in [-0.3, -0.25) is 4.79 Å². The largest absolute Gasteiger partial charge is 0.351 e. The number of nitrogens with zero attached hydrogens (tertiary/aromatic N) is 1. The minimum absolute atomic E-state index is 0.175. The van der Waals surface area contributed by atoms with Gasteiger partial charge >= 0.3 is 0 Å². The molecule has 0 bridgehead atoms. The third kappa shape index (κ3) is 5.11. The molecule has 0 heterocycles. The number of carbonyl (C=O) groups excluding carboxylic acids is 1. The van der Waals surface area contributed by atoms with Gasteiger partial charge in [-0.1, -0.05) is 6.92 Å². The summed E-state index contributed by atoms with van der Waals surface area (Å²) in [5.74, 6) is -0.206. The number of carbonyl (C=O) groups is 1. The van der Waals surface area contributed by atoms with Crippen LogP contribution in [0.5, 0.6) is 0 Å². The predicted molar refractivity (Wildman–Crippen MR) is 82.8 cm³/mol. The zero-order valence-electron chi connectivity index (χ0n) is 12.7. The fraction of sp³-hybridized carbons (Fsp3) is 0.500. The predicted octanol–water partition coefficient (Wildman–Crippen LogP) is 0.666. The molecule has 1 aromatic carbocycles. The molecule has 0 saturated heterocycles. The van der Waals surface area contributed by atoms with Crippen molar-refractivity contribution in [2.75, 3.05) is 33.7 Å². The second kappa shape index (κ2) is 8.11. The van der Waals surface area contributed by atoms with Crippen molar-refractivity contribution in [1.29, 1.82) is 0 Å². The summed E-state index contributed by atoms with van der Waals surface area (Å²) in [7, 11) is -0.512. The van der Waals surface area contributed by atoms with Crippen LogP contribution in [-0.4, -0.2) is 52.4 Å². The second-order valence-electron chi connectivity index (χ2n) is 4.82. The van der Waals surface area contributed by atoms with Crippen molar-refractivity contribution in [2.24, 2.45) is 0 Å². The number of rotatable bonds is 8. The van der Waals surface area contributed by atoms with Crippen LogP contribution in [0.4, 0.5) is 0 Å². The third-order valence-corrected chi connectivity index (χ3v) is 4.74. The zero-order chi connectivity index (χ0) is 15.9. The Hall–Kier alpha value is -1.44. The molecule has 0 radical (unpaired) electrons. The lowest BCUT2D eigenvalue weighted by molar-refractivity contribution is 0.0954. The van der Waals surface area contributed by atoms with Crippen molar-refractivity contribution in [3.8, 4) is 0 Å². The van der Waals surface area contributed by atoms with Crippen molar-refractivity contribution in [2.45, 2.75) is 18.2 Å². The molecule has 0 aromatic heterocycles. The molecule has 0 fully saturated rings. The first-order valence-electron chi connectivity index (χ1n) is 6.91. The lowest BCUT2D eigenvalue weighted by Gasteiger charge is -2.11. The van der Waals surface area contributed by atoms with E-state index in [-0.39, 0.29) is 10.8 Å². The smallest absolute Gasteiger partial charge is 0.251 e. The van der Waals surface area contributed by atoms with E-state index in [0.717, 1.165) is 17.3 Å². The van der Waals surface area contributed by atoms with Crippen LogP contribution in [0.25, 0.3) is 0 Å². The first-order chi connectivity index (χ1) is 9.89. The maximum atomic E-state index is 11.9. The Morgan fingerprint density at radius 1 is 1.10 bits per heavy atom. The van der Waals surface area contributed by atoms with Crippen LogP contribution in [0.2, 0.25) is 0 Å². The molecule has 21 heavy (non-hydrogen) atoms. The number of amides is 1. The Kier molecular flexibility index (Phi) is 6.80. The first-order valence-corrected chi connectivity index (χ1v) is 8.35. The average Bonchev–Trinajstić information content (AvgIpc) is 2.46. The van der Waals surface area contributed by atoms with Crippen LogP contribution >= 0.6 is 0 Å². The maximum Gasteiger partial charge on any atom is 0.251 e. The highest BCUT2D eigenvalue weighted by atomic mass is 32.2. The number of nitrogens with one attached hydrogen (secondary N) is 2. The lowest BCUT2D eigenvalue weighted by Crippen LogP contribution is -2.32. The Morgan fingerprint density at radius 3 is 2.24 bits per heavy atom. The SMILES string of the molecule is CCCNCCNC(=O)c1ccc(S(=O)(=O)N(C)C)cc1. The molecule has 0 spiro atoms. The van der Waals surface area contributed by atoms with Gasteiger partial charge in [-0.15, -0.1) is 0 Å². The molecule has 0 aliphatic rings. The Labute approximate surface area is 126 Å². The van der Waals surface area contributed by atoms with E-state index in [4.69, 9.17) is 0 Å². The van der Waals surface area contributed by atoms with Gasteiger partial charge in [0, 0.05) is 32.7 Å². The van der Waals surface area contributed by atoms with Crippen molar-refractivity contribution in [3.63, 3.8) is 0 Å². The van der Waals surface area contributed by atoms with E-state index in [1.165, 1.54) is 38.4 Å². The summed E-state index contributed by atoms with van der Waals surface area (Å²) in [4.78, 5) is 12.0. The summed E-state index contributed by atoms with van der Waals surface area (Å²) >= 11 is 0. The van der Waals surface area contributed by atoms with E-state index in [1.807, 2.05) is 0 Å². The van der Waals surface area contributed by atoms with Gasteiger partial charge in [0.1, 0.15) is 0 Å². The fourth-order valence-corrected chi connectivity index (χ4v) is 2.56. The van der Waals surface area contributed by atoms with Gasteiger partial charge in [0.05, 0.1) is 4.90 Å².